The van der Waals surface area contributed by atoms with Gasteiger partial charge in [-0.25, -0.2) is 0 Å². The first-order valence-corrected chi connectivity index (χ1v) is 26.0. The largest absolute Gasteiger partial charge is 0.334 e. The van der Waals surface area contributed by atoms with Gasteiger partial charge in [-0.1, -0.05) is 151 Å². The zero-order valence-electron chi connectivity index (χ0n) is 39.7. The predicted octanol–water partition coefficient (Wildman–Crippen LogP) is 16.7. The van der Waals surface area contributed by atoms with E-state index >= 15 is 0 Å². The van der Waals surface area contributed by atoms with E-state index in [9.17, 15) is 0 Å². The molecule has 0 saturated carbocycles. The Labute approximate surface area is 334 Å². The van der Waals surface area contributed by atoms with Gasteiger partial charge in [0.2, 0.25) is 0 Å². The lowest BCUT2D eigenvalue weighted by Crippen LogP contribution is -2.32. The van der Waals surface area contributed by atoms with Crippen molar-refractivity contribution in [3.8, 4) is 0 Å². The summed E-state index contributed by atoms with van der Waals surface area (Å²) >= 11 is 0. The second kappa shape index (κ2) is 27.9. The summed E-state index contributed by atoms with van der Waals surface area (Å²) in [4.78, 5) is 2.58. The molecule has 0 aliphatic carbocycles. The average molecular weight is 791 g/mol. The van der Waals surface area contributed by atoms with Crippen LogP contribution in [0.1, 0.15) is 166 Å². The molecule has 2 aromatic carbocycles. The lowest BCUT2D eigenvalue weighted by Gasteiger charge is -2.51. The highest BCUT2D eigenvalue weighted by molar-refractivity contribution is 8.31. The minimum atomic E-state index is -1.57. The predicted molar refractivity (Wildman–Crippen MR) is 252 cm³/mol. The van der Waals surface area contributed by atoms with Crippen LogP contribution in [0.2, 0.25) is 0 Å². The molecule has 0 atom stereocenters. The fourth-order valence-corrected chi connectivity index (χ4v) is 15.2. The molecule has 52 heavy (non-hydrogen) atoms. The molecule has 2 aromatic rings. The monoisotopic (exact) mass is 791 g/mol. The van der Waals surface area contributed by atoms with Crippen molar-refractivity contribution in [1.82, 2.24) is 0 Å². The van der Waals surface area contributed by atoms with Gasteiger partial charge in [0.15, 0.2) is 0 Å². The van der Waals surface area contributed by atoms with Crippen LogP contribution in [0.3, 0.4) is 0 Å². The van der Waals surface area contributed by atoms with E-state index in [1.165, 1.54) is 9.79 Å². The Morgan fingerprint density at radius 3 is 0.827 bits per heavy atom. The fourth-order valence-electron chi connectivity index (χ4n) is 5.54. The summed E-state index contributed by atoms with van der Waals surface area (Å²) in [5.74, 6) is 0. The fraction of sp³-hybridized carbons (Fsp3) is 0.739. The second-order valence-corrected chi connectivity index (χ2v) is 27.7. The standard InChI is InChI=1S/C19H26OS.C12H28OS.C9H22OS.3C2H6/c1-16(2)20-21(19(3,4)5,17-12-8-6-9-13-17)18-14-10-7-11-15-18;1-9(2)13-14(10(3)4,11(5)6)12(7)8;1-8(2)10-11(6,7)9(3,4)5;3*1-2/h6-16H,1-5H3;9-12H,1-8H3;8H,1-7H3;3*1-2H3. The summed E-state index contributed by atoms with van der Waals surface area (Å²) in [6, 6.07) is 21.4. The van der Waals surface area contributed by atoms with E-state index in [4.69, 9.17) is 12.5 Å². The van der Waals surface area contributed by atoms with Crippen molar-refractivity contribution in [3.63, 3.8) is 0 Å². The Bertz CT molecular complexity index is 1020. The highest BCUT2D eigenvalue weighted by Gasteiger charge is 2.42. The van der Waals surface area contributed by atoms with Gasteiger partial charge in [-0.05, 0) is 99.1 Å². The normalized spacial score (nSPS) is 13.1. The maximum atomic E-state index is 6.66. The van der Waals surface area contributed by atoms with E-state index in [0.717, 1.165) is 0 Å². The van der Waals surface area contributed by atoms with Crippen molar-refractivity contribution in [2.45, 2.75) is 220 Å². The third-order valence-corrected chi connectivity index (χ3v) is 21.1. The van der Waals surface area contributed by atoms with Gasteiger partial charge in [0, 0.05) is 35.0 Å². The van der Waals surface area contributed by atoms with Gasteiger partial charge in [0.05, 0.1) is 18.3 Å². The number of rotatable bonds is 11. The van der Waals surface area contributed by atoms with Crippen molar-refractivity contribution in [2.24, 2.45) is 0 Å². The van der Waals surface area contributed by atoms with Gasteiger partial charge in [-0.3, -0.25) is 0 Å². The third kappa shape index (κ3) is 18.8. The van der Waals surface area contributed by atoms with E-state index in [1.807, 2.05) is 41.5 Å². The zero-order chi connectivity index (χ0) is 42.3. The molecule has 0 aliphatic rings. The third-order valence-electron chi connectivity index (χ3n) is 7.83. The molecule has 0 aliphatic heterocycles. The van der Waals surface area contributed by atoms with Gasteiger partial charge >= 0.3 is 0 Å². The quantitative estimate of drug-likeness (QED) is 0.227. The Balaban J connectivity index is -0.000000325. The molecule has 314 valence electrons. The molecule has 2 rings (SSSR count). The van der Waals surface area contributed by atoms with Gasteiger partial charge in [0.25, 0.3) is 0 Å². The van der Waals surface area contributed by atoms with Crippen molar-refractivity contribution in [3.05, 3.63) is 60.7 Å². The highest BCUT2D eigenvalue weighted by Crippen LogP contribution is 2.71. The van der Waals surface area contributed by atoms with E-state index in [0.29, 0.717) is 28.0 Å². The Kier molecular flexibility index (Phi) is 31.1. The Hall–Kier alpha value is -0.630. The van der Waals surface area contributed by atoms with Crippen LogP contribution in [-0.2, 0) is 12.5 Å². The zero-order valence-corrected chi connectivity index (χ0v) is 42.1. The second-order valence-electron chi connectivity index (χ2n) is 15.9. The van der Waals surface area contributed by atoms with Gasteiger partial charge < -0.3 is 12.5 Å². The first-order chi connectivity index (χ1) is 23.8. The van der Waals surface area contributed by atoms with E-state index in [1.54, 1.807) is 0 Å². The summed E-state index contributed by atoms with van der Waals surface area (Å²) in [5, 5.41) is 1.93. The number of benzene rings is 2. The van der Waals surface area contributed by atoms with E-state index in [-0.39, 0.29) is 15.6 Å². The number of hydrogen-bond acceptors (Lipinski definition) is 3. The van der Waals surface area contributed by atoms with Crippen LogP contribution in [-0.4, -0.2) is 56.1 Å². The molecule has 0 amide bonds. The van der Waals surface area contributed by atoms with Crippen molar-refractivity contribution < 1.29 is 12.5 Å². The van der Waals surface area contributed by atoms with Crippen LogP contribution in [0.4, 0.5) is 0 Å². The molecule has 0 unspecified atom stereocenters. The number of hydrogen-bond donors (Lipinski definition) is 0. The molecule has 0 N–H and O–H groups in total. The summed E-state index contributed by atoms with van der Waals surface area (Å²) in [6.07, 6.45) is 5.33. The lowest BCUT2D eigenvalue weighted by atomic mass is 10.3. The lowest BCUT2D eigenvalue weighted by molar-refractivity contribution is 0.265. The first-order valence-electron chi connectivity index (χ1n) is 20.3. The molecule has 3 nitrogen and oxygen atoms in total. The SMILES string of the molecule is CC.CC.CC.CC(C)OS(C(C)C)(C(C)C)C(C)C.CC(C)OS(C)(C)C(C)(C)C.CC(C)OS(c1ccccc1)(c1ccccc1)C(C)(C)C. The van der Waals surface area contributed by atoms with Crippen LogP contribution in [0.5, 0.6) is 0 Å². The summed E-state index contributed by atoms with van der Waals surface area (Å²) < 4.78 is 19.2. The molecule has 6 heteroatoms. The minimum Gasteiger partial charge on any atom is -0.334 e. The molecule has 0 saturated heterocycles. The highest BCUT2D eigenvalue weighted by atomic mass is 32.3. The average Bonchev–Trinajstić information content (AvgIpc) is 3.04. The molecule has 0 fully saturated rings. The maximum Gasteiger partial charge on any atom is 0.0653 e. The molecule has 0 radical (unpaired) electrons. The molecular weight excluding hydrogens is 697 g/mol. The molecule has 0 spiro atoms. The Morgan fingerprint density at radius 1 is 0.404 bits per heavy atom. The van der Waals surface area contributed by atoms with Crippen LogP contribution >= 0.6 is 30.9 Å². The first kappa shape index (κ1) is 58.1. The van der Waals surface area contributed by atoms with Gasteiger partial charge in [0.1, 0.15) is 0 Å². The molecular formula is C46H94O3S3. The molecule has 0 bridgehead atoms. The van der Waals surface area contributed by atoms with Crippen molar-refractivity contribution in [2.75, 3.05) is 12.5 Å². The van der Waals surface area contributed by atoms with Gasteiger partial charge in [-0.15, -0.1) is 20.6 Å². The maximum absolute atomic E-state index is 6.66. The van der Waals surface area contributed by atoms with Crippen LogP contribution in [0.15, 0.2) is 70.5 Å². The minimum absolute atomic E-state index is 0.0139. The van der Waals surface area contributed by atoms with Gasteiger partial charge in [-0.2, -0.15) is 0 Å². The smallest absolute Gasteiger partial charge is 0.0653 e. The van der Waals surface area contributed by atoms with Crippen LogP contribution in [0, 0.1) is 0 Å². The van der Waals surface area contributed by atoms with Crippen LogP contribution < -0.4 is 0 Å². The van der Waals surface area contributed by atoms with Crippen molar-refractivity contribution in [1.29, 1.82) is 0 Å². The Morgan fingerprint density at radius 2 is 0.673 bits per heavy atom. The van der Waals surface area contributed by atoms with E-state index in [2.05, 4.69) is 198 Å². The molecule has 0 heterocycles. The summed E-state index contributed by atoms with van der Waals surface area (Å²) in [5.41, 5.74) is 0. The summed E-state index contributed by atoms with van der Waals surface area (Å²) in [6.45, 7) is 52.1. The summed E-state index contributed by atoms with van der Waals surface area (Å²) in [7, 11) is -3.41. The van der Waals surface area contributed by atoms with Crippen LogP contribution in [0.25, 0.3) is 0 Å². The van der Waals surface area contributed by atoms with E-state index < -0.39 is 30.9 Å². The topological polar surface area (TPSA) is 27.7 Å². The molecule has 0 aromatic heterocycles. The van der Waals surface area contributed by atoms with Crippen molar-refractivity contribution >= 4 is 30.9 Å².